The fourth-order valence-electron chi connectivity index (χ4n) is 4.82. The summed E-state index contributed by atoms with van der Waals surface area (Å²) in [5.41, 5.74) is 0.277. The van der Waals surface area contributed by atoms with E-state index in [1.54, 1.807) is 0 Å². The second-order valence-corrected chi connectivity index (χ2v) is 7.61. The highest BCUT2D eigenvalue weighted by molar-refractivity contribution is 4.99. The van der Waals surface area contributed by atoms with Gasteiger partial charge in [0.25, 0.3) is 0 Å². The average molecular weight is 278 g/mol. The molecule has 0 aromatic heterocycles. The average Bonchev–Trinajstić information content (AvgIpc) is 2.99. The Morgan fingerprint density at radius 3 is 2.55 bits per heavy atom. The van der Waals surface area contributed by atoms with Crippen LogP contribution in [0.4, 0.5) is 0 Å². The molecule has 2 unspecified atom stereocenters. The summed E-state index contributed by atoms with van der Waals surface area (Å²) in [6, 6.07) is 2.47. The van der Waals surface area contributed by atoms with E-state index in [0.717, 1.165) is 24.7 Å². The van der Waals surface area contributed by atoms with Crippen LogP contribution < -0.4 is 5.32 Å². The highest BCUT2D eigenvalue weighted by atomic mass is 16.5. The normalized spacial score (nSPS) is 37.0. The fourth-order valence-corrected chi connectivity index (χ4v) is 4.82. The highest BCUT2D eigenvalue weighted by Crippen LogP contribution is 2.43. The van der Waals surface area contributed by atoms with Crippen molar-refractivity contribution in [2.45, 2.75) is 87.9 Å². The van der Waals surface area contributed by atoms with Gasteiger partial charge in [-0.2, -0.15) is 0 Å². The molecular weight excluding hydrogens is 248 g/mol. The quantitative estimate of drug-likeness (QED) is 0.856. The van der Waals surface area contributed by atoms with E-state index in [1.165, 1.54) is 77.3 Å². The zero-order valence-electron chi connectivity index (χ0n) is 12.8. The summed E-state index contributed by atoms with van der Waals surface area (Å²) < 4.78 is 6.23. The maximum absolute atomic E-state index is 6.23. The summed E-state index contributed by atoms with van der Waals surface area (Å²) >= 11 is 0. The van der Waals surface area contributed by atoms with Crippen LogP contribution in [-0.4, -0.2) is 48.3 Å². The van der Waals surface area contributed by atoms with E-state index in [2.05, 4.69) is 10.2 Å². The Labute approximate surface area is 123 Å². The van der Waals surface area contributed by atoms with E-state index in [1.807, 2.05) is 0 Å². The van der Waals surface area contributed by atoms with Crippen LogP contribution in [0.15, 0.2) is 0 Å². The molecular formula is C17H30N2O. The van der Waals surface area contributed by atoms with E-state index in [9.17, 15) is 0 Å². The Bertz CT molecular complexity index is 330. The SMILES string of the molecule is C1CNC(CN(C2CC2)C2CCOC3(CCCC3)C2)C1. The minimum atomic E-state index is 0.277. The summed E-state index contributed by atoms with van der Waals surface area (Å²) in [5, 5.41) is 3.70. The van der Waals surface area contributed by atoms with Gasteiger partial charge in [0.1, 0.15) is 0 Å². The van der Waals surface area contributed by atoms with E-state index in [0.29, 0.717) is 0 Å². The standard InChI is InChI=1S/C17H30N2O/c1-2-9-17(8-1)12-16(7-11-20-17)19(15-5-6-15)13-14-4-3-10-18-14/h14-16,18H,1-13H2. The van der Waals surface area contributed by atoms with Crippen LogP contribution in [0.2, 0.25) is 0 Å². The lowest BCUT2D eigenvalue weighted by Gasteiger charge is -2.44. The van der Waals surface area contributed by atoms with Crippen molar-refractivity contribution in [2.24, 2.45) is 0 Å². The number of nitrogens with zero attached hydrogens (tertiary/aromatic N) is 1. The Morgan fingerprint density at radius 2 is 1.85 bits per heavy atom. The third kappa shape index (κ3) is 2.77. The van der Waals surface area contributed by atoms with Crippen LogP contribution in [0.3, 0.4) is 0 Å². The van der Waals surface area contributed by atoms with Gasteiger partial charge in [-0.1, -0.05) is 12.8 Å². The first-order valence-corrected chi connectivity index (χ1v) is 8.98. The number of hydrogen-bond donors (Lipinski definition) is 1. The molecule has 3 heteroatoms. The molecule has 3 nitrogen and oxygen atoms in total. The van der Waals surface area contributed by atoms with E-state index >= 15 is 0 Å². The summed E-state index contributed by atoms with van der Waals surface area (Å²) in [6.07, 6.45) is 13.7. The molecule has 1 spiro atoms. The monoisotopic (exact) mass is 278 g/mol. The van der Waals surface area contributed by atoms with Crippen LogP contribution >= 0.6 is 0 Å². The molecule has 0 bridgehead atoms. The maximum Gasteiger partial charge on any atom is 0.0697 e. The van der Waals surface area contributed by atoms with Gasteiger partial charge in [0.15, 0.2) is 0 Å². The molecule has 0 aromatic rings. The number of hydrogen-bond acceptors (Lipinski definition) is 3. The molecule has 1 N–H and O–H groups in total. The first kappa shape index (κ1) is 13.5. The molecule has 0 amide bonds. The third-order valence-electron chi connectivity index (χ3n) is 6.06. The molecule has 2 saturated carbocycles. The minimum absolute atomic E-state index is 0.277. The second kappa shape index (κ2) is 5.58. The first-order valence-electron chi connectivity index (χ1n) is 8.98. The van der Waals surface area contributed by atoms with Gasteiger partial charge in [0.05, 0.1) is 5.60 Å². The fraction of sp³-hybridized carbons (Fsp3) is 1.00. The molecule has 2 heterocycles. The lowest BCUT2D eigenvalue weighted by Crippen LogP contribution is -2.51. The van der Waals surface area contributed by atoms with Crippen molar-refractivity contribution >= 4 is 0 Å². The predicted octanol–water partition coefficient (Wildman–Crippen LogP) is 2.69. The Morgan fingerprint density at radius 1 is 1.00 bits per heavy atom. The Balaban J connectivity index is 1.42. The lowest BCUT2D eigenvalue weighted by molar-refractivity contribution is -0.103. The van der Waals surface area contributed by atoms with Gasteiger partial charge in [-0.25, -0.2) is 0 Å². The van der Waals surface area contributed by atoms with Crippen LogP contribution in [0.5, 0.6) is 0 Å². The molecule has 4 rings (SSSR count). The van der Waals surface area contributed by atoms with E-state index < -0.39 is 0 Å². The first-order chi connectivity index (χ1) is 9.85. The van der Waals surface area contributed by atoms with Gasteiger partial charge >= 0.3 is 0 Å². The van der Waals surface area contributed by atoms with Gasteiger partial charge in [-0.15, -0.1) is 0 Å². The van der Waals surface area contributed by atoms with Gasteiger partial charge in [-0.05, 0) is 57.9 Å². The van der Waals surface area contributed by atoms with Crippen LogP contribution in [0.1, 0.15) is 64.2 Å². The summed E-state index contributed by atoms with van der Waals surface area (Å²) in [5.74, 6) is 0. The minimum Gasteiger partial charge on any atom is -0.375 e. The van der Waals surface area contributed by atoms with Gasteiger partial charge in [0.2, 0.25) is 0 Å². The number of ether oxygens (including phenoxy) is 1. The zero-order valence-corrected chi connectivity index (χ0v) is 12.8. The van der Waals surface area contributed by atoms with Crippen molar-refractivity contribution < 1.29 is 4.74 Å². The molecule has 20 heavy (non-hydrogen) atoms. The summed E-state index contributed by atoms with van der Waals surface area (Å²) in [7, 11) is 0. The number of nitrogens with one attached hydrogen (secondary N) is 1. The molecule has 2 aliphatic carbocycles. The van der Waals surface area contributed by atoms with Crippen molar-refractivity contribution in [1.29, 1.82) is 0 Å². The van der Waals surface area contributed by atoms with E-state index in [4.69, 9.17) is 4.74 Å². The van der Waals surface area contributed by atoms with Crippen LogP contribution in [0, 0.1) is 0 Å². The van der Waals surface area contributed by atoms with Gasteiger partial charge in [-0.3, -0.25) is 4.90 Å². The smallest absolute Gasteiger partial charge is 0.0697 e. The third-order valence-corrected chi connectivity index (χ3v) is 6.06. The number of rotatable bonds is 4. The molecule has 114 valence electrons. The van der Waals surface area contributed by atoms with Crippen LogP contribution in [-0.2, 0) is 4.74 Å². The highest BCUT2D eigenvalue weighted by Gasteiger charge is 2.44. The van der Waals surface area contributed by atoms with Crippen molar-refractivity contribution in [3.63, 3.8) is 0 Å². The largest absolute Gasteiger partial charge is 0.375 e. The molecule has 2 aliphatic heterocycles. The maximum atomic E-state index is 6.23. The second-order valence-electron chi connectivity index (χ2n) is 7.61. The van der Waals surface area contributed by atoms with Crippen molar-refractivity contribution in [1.82, 2.24) is 10.2 Å². The summed E-state index contributed by atoms with van der Waals surface area (Å²) in [6.45, 7) is 3.54. The molecule has 4 fully saturated rings. The molecule has 0 aromatic carbocycles. The lowest BCUT2D eigenvalue weighted by atomic mass is 9.87. The van der Waals surface area contributed by atoms with Crippen molar-refractivity contribution in [3.8, 4) is 0 Å². The predicted molar refractivity (Wildman–Crippen MR) is 80.9 cm³/mol. The molecule has 0 radical (unpaired) electrons. The Hall–Kier alpha value is -0.120. The van der Waals surface area contributed by atoms with E-state index in [-0.39, 0.29) is 5.60 Å². The Kier molecular flexibility index (Phi) is 3.78. The van der Waals surface area contributed by atoms with Crippen molar-refractivity contribution in [2.75, 3.05) is 19.7 Å². The van der Waals surface area contributed by atoms with Crippen LogP contribution in [0.25, 0.3) is 0 Å². The van der Waals surface area contributed by atoms with Crippen molar-refractivity contribution in [3.05, 3.63) is 0 Å². The molecule has 4 aliphatic rings. The topological polar surface area (TPSA) is 24.5 Å². The van der Waals surface area contributed by atoms with Gasteiger partial charge < -0.3 is 10.1 Å². The molecule has 2 saturated heterocycles. The van der Waals surface area contributed by atoms with Gasteiger partial charge in [0, 0.05) is 31.3 Å². The summed E-state index contributed by atoms with van der Waals surface area (Å²) in [4.78, 5) is 2.88. The molecule has 2 atom stereocenters. The zero-order chi connectivity index (χ0) is 13.4.